The minimum atomic E-state index is -2.30. The van der Waals surface area contributed by atoms with E-state index in [4.69, 9.17) is 12.1 Å². The van der Waals surface area contributed by atoms with Crippen molar-refractivity contribution < 1.29 is 38.7 Å². The van der Waals surface area contributed by atoms with E-state index in [1.807, 2.05) is 140 Å². The summed E-state index contributed by atoms with van der Waals surface area (Å²) in [6, 6.07) is 45.9. The third-order valence-electron chi connectivity index (χ3n) is 4.16. The minimum Gasteiger partial charge on any atom is -0.418 e. The van der Waals surface area contributed by atoms with Gasteiger partial charge in [-0.15, -0.1) is 31.6 Å². The van der Waals surface area contributed by atoms with E-state index in [0.29, 0.717) is 0 Å². The largest absolute Gasteiger partial charge is 2.00 e. The average Bonchev–Trinajstić information content (AvgIpc) is 3.59. The zero-order chi connectivity index (χ0) is 20.2. The first kappa shape index (κ1) is 27.0. The van der Waals surface area contributed by atoms with Crippen LogP contribution in [0.15, 0.2) is 140 Å². The van der Waals surface area contributed by atoms with Gasteiger partial charge in [0.2, 0.25) is 0 Å². The molecule has 0 aliphatic carbocycles. The van der Waals surface area contributed by atoms with Crippen molar-refractivity contribution in [3.63, 3.8) is 0 Å². The van der Waals surface area contributed by atoms with Crippen LogP contribution in [0.2, 0.25) is 0 Å². The summed E-state index contributed by atoms with van der Waals surface area (Å²) in [7, 11) is 4.35. The fraction of sp³-hybridized carbons (Fsp3) is 0. The van der Waals surface area contributed by atoms with Gasteiger partial charge in [0.25, 0.3) is 0 Å². The van der Waals surface area contributed by atoms with Crippen molar-refractivity contribution in [1.29, 1.82) is 0 Å². The van der Waals surface area contributed by atoms with Crippen LogP contribution in [0.1, 0.15) is 0 Å². The summed E-state index contributed by atoms with van der Waals surface area (Å²) in [5.74, 6) is 0.806. The molecule has 0 saturated carbocycles. The second-order valence-electron chi connectivity index (χ2n) is 6.27. The van der Waals surface area contributed by atoms with Crippen LogP contribution in [0.5, 0.6) is 5.75 Å². The van der Waals surface area contributed by atoms with E-state index >= 15 is 0 Å². The van der Waals surface area contributed by atoms with E-state index in [2.05, 4.69) is 0 Å². The van der Waals surface area contributed by atoms with Gasteiger partial charge in [0.15, 0.2) is 5.75 Å². The zero-order valence-electron chi connectivity index (χ0n) is 16.9. The molecule has 0 saturated heterocycles. The molecule has 0 fully saturated rings. The van der Waals surface area contributed by atoms with Gasteiger partial charge in [-0.25, -0.2) is 48.5 Å². The summed E-state index contributed by atoms with van der Waals surface area (Å²) >= 11 is 0. The van der Waals surface area contributed by atoms with Crippen molar-refractivity contribution in [2.24, 2.45) is 0 Å². The molecule has 0 spiro atoms. The second kappa shape index (κ2) is 14.9. The summed E-state index contributed by atoms with van der Waals surface area (Å²) in [6.45, 7) is 0. The average molecular weight is 505 g/mol. The Bertz CT molecular complexity index is 883. The second-order valence-corrected chi connectivity index (χ2v) is 8.80. The Hall–Kier alpha value is -2.05. The molecule has 0 atom stereocenters. The molecule has 0 bridgehead atoms. The van der Waals surface area contributed by atoms with E-state index in [-0.39, 0.29) is 34.1 Å². The Morgan fingerprint density at radius 3 is 1.29 bits per heavy atom. The topological polar surface area (TPSA) is 9.23 Å². The molecule has 0 N–H and O–H groups in total. The van der Waals surface area contributed by atoms with Crippen LogP contribution >= 0.6 is 7.37 Å². The van der Waals surface area contributed by atoms with Gasteiger partial charge >= 0.3 is 34.1 Å². The number of para-hydroxylation sites is 1. The van der Waals surface area contributed by atoms with Crippen LogP contribution in [0.25, 0.3) is 0 Å². The molecule has 5 rings (SSSR count). The van der Waals surface area contributed by atoms with Crippen LogP contribution < -0.4 is 15.1 Å². The normalized spacial score (nSPS) is 9.58. The molecule has 0 heterocycles. The van der Waals surface area contributed by atoms with Gasteiger partial charge in [0.05, 0.1) is 0 Å². The third kappa shape index (κ3) is 8.54. The molecule has 31 heavy (non-hydrogen) atoms. The molecule has 0 aliphatic rings. The molecule has 3 radical (unpaired) electrons. The first-order valence-corrected chi connectivity index (χ1v) is 11.3. The van der Waals surface area contributed by atoms with E-state index in [9.17, 15) is 0 Å². The Morgan fingerprint density at radius 1 is 0.581 bits per heavy atom. The van der Waals surface area contributed by atoms with Crippen LogP contribution in [0, 0.1) is 0 Å². The van der Waals surface area contributed by atoms with Crippen molar-refractivity contribution in [3.8, 4) is 5.75 Å². The molecule has 5 aromatic rings. The van der Waals surface area contributed by atoms with Gasteiger partial charge in [0.1, 0.15) is 0 Å². The number of hydrogen-bond acceptors (Lipinski definition) is 1. The van der Waals surface area contributed by atoms with Crippen LogP contribution in [0.4, 0.5) is 0 Å². The van der Waals surface area contributed by atoms with Gasteiger partial charge in [0, 0.05) is 0 Å². The fourth-order valence-corrected chi connectivity index (χ4v) is 4.91. The van der Waals surface area contributed by atoms with Gasteiger partial charge in [-0.1, -0.05) is 18.2 Å². The summed E-state index contributed by atoms with van der Waals surface area (Å²) in [5.41, 5.74) is 0. The molecule has 0 unspecified atom stereocenters. The molecule has 157 valence electrons. The molecule has 0 aromatic heterocycles. The minimum absolute atomic E-state index is 0. The van der Waals surface area contributed by atoms with Crippen molar-refractivity contribution in [2.75, 3.05) is 0 Å². The third-order valence-corrected chi connectivity index (χ3v) is 6.79. The number of hydrogen-bond donors (Lipinski definition) is 0. The summed E-state index contributed by atoms with van der Waals surface area (Å²) < 4.78 is 6.18. The first-order chi connectivity index (χ1) is 14.3. The standard InChI is InChI=1S/C16H13BOP.2C5H5.2Fe/c17-19(15-10-4-5-11-15,16-12-6-7-13-16)18-14-8-2-1-3-9-14;2*1-2-4-5-3-1;;/h1-13H;2*1-5H;;/q-2;2*-1;2*+2. The van der Waals surface area contributed by atoms with Gasteiger partial charge in [-0.2, -0.15) is 36.4 Å². The van der Waals surface area contributed by atoms with E-state index in [1.165, 1.54) is 0 Å². The molecular weight excluding hydrogens is 482 g/mol. The monoisotopic (exact) mass is 505 g/mol. The van der Waals surface area contributed by atoms with E-state index < -0.39 is 7.37 Å². The van der Waals surface area contributed by atoms with Crippen molar-refractivity contribution >= 4 is 25.5 Å². The Labute approximate surface area is 208 Å². The molecule has 5 aromatic carbocycles. The Balaban J connectivity index is 0.000000331. The van der Waals surface area contributed by atoms with Crippen molar-refractivity contribution in [2.45, 2.75) is 0 Å². The van der Waals surface area contributed by atoms with Crippen LogP contribution in [-0.4, -0.2) is 7.57 Å². The van der Waals surface area contributed by atoms with E-state index in [0.717, 1.165) is 16.4 Å². The van der Waals surface area contributed by atoms with Crippen LogP contribution in [-0.2, 0) is 34.1 Å². The van der Waals surface area contributed by atoms with Crippen LogP contribution in [0.3, 0.4) is 0 Å². The van der Waals surface area contributed by atoms with Crippen molar-refractivity contribution in [1.82, 2.24) is 0 Å². The van der Waals surface area contributed by atoms with Gasteiger partial charge < -0.3 is 4.52 Å². The quantitative estimate of drug-likeness (QED) is 0.166. The SMILES string of the molecule is [B-][P+](Oc1ccccc1)([c-]1cccc1)[c-]1cccc1.[Fe+2].[Fe+2].c1cc[cH-]c1.c1cc[cH-]c1. The van der Waals surface area contributed by atoms with Gasteiger partial charge in [-0.05, 0) is 22.7 Å². The maximum absolute atomic E-state index is 6.65. The summed E-state index contributed by atoms with van der Waals surface area (Å²) in [6.07, 6.45) is 0. The molecule has 0 aliphatic heterocycles. The maximum Gasteiger partial charge on any atom is 2.00 e. The zero-order valence-corrected chi connectivity index (χ0v) is 20.0. The molecule has 5 heteroatoms. The molecule has 0 amide bonds. The van der Waals surface area contributed by atoms with Gasteiger partial charge in [-0.3, -0.25) is 7.57 Å². The first-order valence-electron chi connectivity index (χ1n) is 9.49. The number of rotatable bonds is 4. The van der Waals surface area contributed by atoms with Crippen molar-refractivity contribution in [3.05, 3.63) is 140 Å². The Morgan fingerprint density at radius 2 is 0.968 bits per heavy atom. The fourth-order valence-electron chi connectivity index (χ4n) is 2.71. The molecular formula is C26H23BFe2OP. The smallest absolute Gasteiger partial charge is 0.418 e. The maximum atomic E-state index is 6.65. The predicted molar refractivity (Wildman–Crippen MR) is 127 cm³/mol. The summed E-state index contributed by atoms with van der Waals surface area (Å²) in [5, 5.41) is 2.12. The summed E-state index contributed by atoms with van der Waals surface area (Å²) in [4.78, 5) is 0. The predicted octanol–water partition coefficient (Wildman–Crippen LogP) is 5.98. The Kier molecular flexibility index (Phi) is 12.9. The van der Waals surface area contributed by atoms with E-state index in [1.54, 1.807) is 0 Å². The number of benzene rings is 1. The molecule has 1 nitrogen and oxygen atoms in total.